The van der Waals surface area contributed by atoms with Gasteiger partial charge < -0.3 is 5.73 Å². The van der Waals surface area contributed by atoms with Crippen LogP contribution in [0.3, 0.4) is 0 Å². The lowest BCUT2D eigenvalue weighted by Gasteiger charge is -2.38. The molecule has 1 aliphatic rings. The summed E-state index contributed by atoms with van der Waals surface area (Å²) in [5, 5.41) is 0. The van der Waals surface area contributed by atoms with E-state index in [0.717, 1.165) is 25.7 Å². The summed E-state index contributed by atoms with van der Waals surface area (Å²) in [7, 11) is -3.52. The molecule has 0 aliphatic heterocycles. The summed E-state index contributed by atoms with van der Waals surface area (Å²) in [6, 6.07) is 4.70. The first-order valence-corrected chi connectivity index (χ1v) is 9.07. The molecule has 1 saturated carbocycles. The third-order valence-electron chi connectivity index (χ3n) is 4.08. The number of nitrogens with two attached hydrogens (primary N) is 1. The van der Waals surface area contributed by atoms with Crippen molar-refractivity contribution < 1.29 is 8.42 Å². The molecule has 6 heteroatoms. The van der Waals surface area contributed by atoms with Gasteiger partial charge in [0.1, 0.15) is 0 Å². The van der Waals surface area contributed by atoms with Gasteiger partial charge in [-0.15, -0.1) is 0 Å². The summed E-state index contributed by atoms with van der Waals surface area (Å²) in [5.41, 5.74) is 6.18. The van der Waals surface area contributed by atoms with Crippen molar-refractivity contribution in [3.8, 4) is 0 Å². The predicted octanol–water partition coefficient (Wildman–Crippen LogP) is 3.28. The van der Waals surface area contributed by atoms with Gasteiger partial charge in [0.25, 0.3) is 0 Å². The minimum absolute atomic E-state index is 0.00771. The predicted molar refractivity (Wildman–Crippen MR) is 84.9 cm³/mol. The van der Waals surface area contributed by atoms with Crippen molar-refractivity contribution in [3.05, 3.63) is 22.7 Å². The highest BCUT2D eigenvalue weighted by Crippen LogP contribution is 2.36. The van der Waals surface area contributed by atoms with Crippen LogP contribution in [0.5, 0.6) is 0 Å². The summed E-state index contributed by atoms with van der Waals surface area (Å²) in [6.45, 7) is 4.24. The molecule has 1 unspecified atom stereocenters. The van der Waals surface area contributed by atoms with Crippen molar-refractivity contribution in [3.63, 3.8) is 0 Å². The van der Waals surface area contributed by atoms with Crippen LogP contribution in [0.25, 0.3) is 0 Å². The molecule has 1 aromatic carbocycles. The second kappa shape index (κ2) is 5.66. The zero-order valence-electron chi connectivity index (χ0n) is 11.8. The maximum atomic E-state index is 12.5. The quantitative estimate of drug-likeness (QED) is 0.812. The largest absolute Gasteiger partial charge is 0.398 e. The number of nitrogen functional groups attached to an aromatic ring is 1. The fraction of sp³-hybridized carbons (Fsp3) is 0.571. The highest BCUT2D eigenvalue weighted by molar-refractivity contribution is 9.10. The molecule has 2 rings (SSSR count). The molecule has 0 amide bonds. The van der Waals surface area contributed by atoms with Gasteiger partial charge in [0, 0.05) is 16.2 Å². The van der Waals surface area contributed by atoms with Crippen molar-refractivity contribution in [2.45, 2.75) is 50.5 Å². The Labute approximate surface area is 129 Å². The minimum atomic E-state index is -3.52. The molecule has 1 aromatic rings. The van der Waals surface area contributed by atoms with Crippen LogP contribution < -0.4 is 10.5 Å². The fourth-order valence-electron chi connectivity index (χ4n) is 2.66. The van der Waals surface area contributed by atoms with Crippen molar-refractivity contribution >= 4 is 31.6 Å². The van der Waals surface area contributed by atoms with Gasteiger partial charge in [-0.3, -0.25) is 0 Å². The summed E-state index contributed by atoms with van der Waals surface area (Å²) < 4.78 is 28.5. The number of nitrogens with one attached hydrogen (secondary N) is 1. The van der Waals surface area contributed by atoms with E-state index in [1.807, 2.05) is 0 Å². The summed E-state index contributed by atoms with van der Waals surface area (Å²) in [6.07, 6.45) is 4.16. The third-order valence-corrected chi connectivity index (χ3v) is 6.27. The van der Waals surface area contributed by atoms with Crippen LogP contribution in [0.15, 0.2) is 27.6 Å². The molecule has 112 valence electrons. The Morgan fingerprint density at radius 3 is 2.65 bits per heavy atom. The van der Waals surface area contributed by atoms with Crippen LogP contribution in [-0.4, -0.2) is 14.5 Å². The Kier molecular flexibility index (Phi) is 4.47. The van der Waals surface area contributed by atoms with Crippen LogP contribution in [0, 0.1) is 5.41 Å². The lowest BCUT2D eigenvalue weighted by Crippen LogP contribution is -2.46. The first kappa shape index (κ1) is 15.8. The van der Waals surface area contributed by atoms with Gasteiger partial charge in [0.2, 0.25) is 10.0 Å². The highest BCUT2D eigenvalue weighted by atomic mass is 79.9. The van der Waals surface area contributed by atoms with E-state index in [0.29, 0.717) is 10.2 Å². The maximum Gasteiger partial charge on any atom is 0.240 e. The fourth-order valence-corrected chi connectivity index (χ4v) is 4.38. The monoisotopic (exact) mass is 360 g/mol. The van der Waals surface area contributed by atoms with Gasteiger partial charge in [-0.2, -0.15) is 0 Å². The molecule has 0 bridgehead atoms. The summed E-state index contributed by atoms with van der Waals surface area (Å²) >= 11 is 3.27. The van der Waals surface area contributed by atoms with E-state index in [9.17, 15) is 8.42 Å². The number of rotatable bonds is 3. The van der Waals surface area contributed by atoms with Gasteiger partial charge in [-0.05, 0) is 52.4 Å². The molecular weight excluding hydrogens is 340 g/mol. The van der Waals surface area contributed by atoms with Gasteiger partial charge >= 0.3 is 0 Å². The topological polar surface area (TPSA) is 72.2 Å². The number of hydrogen-bond donors (Lipinski definition) is 2. The smallest absolute Gasteiger partial charge is 0.240 e. The Balaban J connectivity index is 2.24. The first-order chi connectivity index (χ1) is 9.22. The van der Waals surface area contributed by atoms with E-state index in [-0.39, 0.29) is 16.4 Å². The molecule has 1 aliphatic carbocycles. The average molecular weight is 361 g/mol. The molecular formula is C14H21BrN2O2S. The molecule has 1 atom stereocenters. The summed E-state index contributed by atoms with van der Waals surface area (Å²) in [4.78, 5) is 0.222. The van der Waals surface area contributed by atoms with Crippen molar-refractivity contribution in [1.82, 2.24) is 4.72 Å². The van der Waals surface area contributed by atoms with Crippen LogP contribution in [0.4, 0.5) is 5.69 Å². The first-order valence-electron chi connectivity index (χ1n) is 6.80. The van der Waals surface area contributed by atoms with Gasteiger partial charge in [-0.25, -0.2) is 13.1 Å². The van der Waals surface area contributed by atoms with Crippen LogP contribution >= 0.6 is 15.9 Å². The number of hydrogen-bond acceptors (Lipinski definition) is 3. The van der Waals surface area contributed by atoms with Gasteiger partial charge in [0.15, 0.2) is 0 Å². The molecule has 3 N–H and O–H groups in total. The molecule has 1 fully saturated rings. The Bertz CT molecular complexity index is 599. The van der Waals surface area contributed by atoms with Crippen LogP contribution in [-0.2, 0) is 10.0 Å². The maximum absolute atomic E-state index is 12.5. The number of halogens is 1. The van der Waals surface area contributed by atoms with Crippen molar-refractivity contribution in [1.29, 1.82) is 0 Å². The molecule has 0 saturated heterocycles. The van der Waals surface area contributed by atoms with Gasteiger partial charge in [0.05, 0.1) is 4.90 Å². The highest BCUT2D eigenvalue weighted by Gasteiger charge is 2.35. The van der Waals surface area contributed by atoms with E-state index < -0.39 is 10.0 Å². The van der Waals surface area contributed by atoms with Crippen molar-refractivity contribution in [2.75, 3.05) is 5.73 Å². The number of sulfonamides is 1. The van der Waals surface area contributed by atoms with Gasteiger partial charge in [-0.1, -0.05) is 26.7 Å². The number of benzene rings is 1. The number of anilines is 1. The molecule has 0 radical (unpaired) electrons. The van der Waals surface area contributed by atoms with E-state index in [4.69, 9.17) is 5.73 Å². The molecule has 0 heterocycles. The lowest BCUT2D eigenvalue weighted by molar-refractivity contribution is 0.188. The average Bonchev–Trinajstić information content (AvgIpc) is 2.35. The zero-order chi connectivity index (χ0) is 15.0. The third kappa shape index (κ3) is 3.35. The minimum Gasteiger partial charge on any atom is -0.398 e. The summed E-state index contributed by atoms with van der Waals surface area (Å²) in [5.74, 6) is 0. The second-order valence-corrected chi connectivity index (χ2v) is 8.66. The molecule has 4 nitrogen and oxygen atoms in total. The SMILES string of the molecule is CC1(C)CCCCC1NS(=O)(=O)c1ccc(Br)c(N)c1. The standard InChI is InChI=1S/C14H21BrN2O2S/c1-14(2)8-4-3-5-13(14)17-20(18,19)10-6-7-11(15)12(16)9-10/h6-7,9,13,17H,3-5,8,16H2,1-2H3. The van der Waals surface area contributed by atoms with E-state index in [1.54, 1.807) is 12.1 Å². The van der Waals surface area contributed by atoms with E-state index >= 15 is 0 Å². The Morgan fingerprint density at radius 2 is 2.05 bits per heavy atom. The van der Waals surface area contributed by atoms with Crippen LogP contribution in [0.1, 0.15) is 39.5 Å². The molecule has 0 spiro atoms. The molecule has 0 aromatic heterocycles. The Hall–Kier alpha value is -0.590. The Morgan fingerprint density at radius 1 is 1.35 bits per heavy atom. The zero-order valence-corrected chi connectivity index (χ0v) is 14.2. The second-order valence-electron chi connectivity index (χ2n) is 6.09. The van der Waals surface area contributed by atoms with E-state index in [2.05, 4.69) is 34.5 Å². The lowest BCUT2D eigenvalue weighted by atomic mass is 9.74. The normalized spacial score (nSPS) is 22.6. The van der Waals surface area contributed by atoms with Crippen molar-refractivity contribution in [2.24, 2.45) is 5.41 Å². The van der Waals surface area contributed by atoms with E-state index in [1.165, 1.54) is 6.07 Å². The van der Waals surface area contributed by atoms with Crippen LogP contribution in [0.2, 0.25) is 0 Å². The molecule has 20 heavy (non-hydrogen) atoms.